The molecule has 2 heterocycles. The van der Waals surface area contributed by atoms with Crippen molar-refractivity contribution in [2.24, 2.45) is 5.92 Å². The molecule has 2 N–H and O–H groups in total. The van der Waals surface area contributed by atoms with E-state index in [0.717, 1.165) is 12.5 Å². The van der Waals surface area contributed by atoms with Crippen LogP contribution in [0.15, 0.2) is 24.5 Å². The lowest BCUT2D eigenvalue weighted by Gasteiger charge is -2.17. The van der Waals surface area contributed by atoms with Crippen LogP contribution in [0.5, 0.6) is 5.75 Å². The zero-order valence-electron chi connectivity index (χ0n) is 12.6. The van der Waals surface area contributed by atoms with E-state index in [0.29, 0.717) is 24.7 Å². The average Bonchev–Trinajstić information content (AvgIpc) is 3.23. The normalized spacial score (nSPS) is 20.4. The van der Waals surface area contributed by atoms with Crippen molar-refractivity contribution in [3.05, 3.63) is 41.7 Å². The van der Waals surface area contributed by atoms with Crippen molar-refractivity contribution in [3.63, 3.8) is 0 Å². The van der Waals surface area contributed by atoms with Crippen molar-refractivity contribution in [3.8, 4) is 5.75 Å². The quantitative estimate of drug-likeness (QED) is 0.870. The van der Waals surface area contributed by atoms with Crippen molar-refractivity contribution in [2.45, 2.75) is 12.5 Å². The molecule has 122 valence electrons. The first-order valence-electron chi connectivity index (χ1n) is 7.27. The molecule has 0 saturated carbocycles. The molecule has 2 atom stereocenters. The number of methoxy groups -OCH3 is 1. The molecule has 1 saturated heterocycles. The number of halogens is 1. The zero-order chi connectivity index (χ0) is 16.2. The Balaban J connectivity index is 1.66. The summed E-state index contributed by atoms with van der Waals surface area (Å²) in [5.74, 6) is 0.180. The molecule has 0 radical (unpaired) electrons. The molecule has 2 aromatic rings. The van der Waals surface area contributed by atoms with Gasteiger partial charge in [0.05, 0.1) is 12.7 Å². The Kier molecular flexibility index (Phi) is 4.52. The second-order valence-corrected chi connectivity index (χ2v) is 5.27. The van der Waals surface area contributed by atoms with Crippen LogP contribution in [0.25, 0.3) is 0 Å². The molecule has 1 aliphatic heterocycles. The molecule has 1 fully saturated rings. The van der Waals surface area contributed by atoms with Gasteiger partial charge in [-0.15, -0.1) is 0 Å². The van der Waals surface area contributed by atoms with Gasteiger partial charge in [-0.2, -0.15) is 5.10 Å². The molecule has 1 aromatic carbocycles. The van der Waals surface area contributed by atoms with Crippen LogP contribution < -0.4 is 10.1 Å². The summed E-state index contributed by atoms with van der Waals surface area (Å²) in [6, 6.07) is 3.84. The third-order valence-corrected chi connectivity index (χ3v) is 3.85. The standard InChI is InChI=1S/C15H17FN4O3/c1-22-12-3-2-10(16)6-11(12)15(21)17-7-9-4-5-23-13(9)14-18-8-19-20-14/h2-3,6,8-9,13H,4-5,7H2,1H3,(H,17,21)(H,18,19,20)/t9-,13-/m0/s1. The number of carbonyl (C=O) groups excluding carboxylic acids is 1. The number of aromatic nitrogens is 3. The first-order valence-corrected chi connectivity index (χ1v) is 7.27. The number of nitrogens with one attached hydrogen (secondary N) is 2. The SMILES string of the molecule is COc1ccc(F)cc1C(=O)NC[C@@H]1CCO[C@@H]1c1ncn[nH]1. The minimum absolute atomic E-state index is 0.0754. The number of hydrogen-bond acceptors (Lipinski definition) is 5. The summed E-state index contributed by atoms with van der Waals surface area (Å²) < 4.78 is 24.1. The maximum Gasteiger partial charge on any atom is 0.255 e. The summed E-state index contributed by atoms with van der Waals surface area (Å²) >= 11 is 0. The van der Waals surface area contributed by atoms with Crippen LogP contribution in [0.4, 0.5) is 4.39 Å². The van der Waals surface area contributed by atoms with Gasteiger partial charge in [0.25, 0.3) is 5.91 Å². The van der Waals surface area contributed by atoms with Crippen LogP contribution >= 0.6 is 0 Å². The smallest absolute Gasteiger partial charge is 0.255 e. The zero-order valence-corrected chi connectivity index (χ0v) is 12.6. The molecule has 8 heteroatoms. The highest BCUT2D eigenvalue weighted by atomic mass is 19.1. The molecule has 0 bridgehead atoms. The third-order valence-electron chi connectivity index (χ3n) is 3.85. The van der Waals surface area contributed by atoms with Gasteiger partial charge in [0.2, 0.25) is 0 Å². The molecule has 1 aromatic heterocycles. The summed E-state index contributed by atoms with van der Waals surface area (Å²) in [5, 5.41) is 9.41. The van der Waals surface area contributed by atoms with Gasteiger partial charge in [-0.3, -0.25) is 9.89 Å². The van der Waals surface area contributed by atoms with E-state index in [4.69, 9.17) is 9.47 Å². The molecule has 23 heavy (non-hydrogen) atoms. The van der Waals surface area contributed by atoms with Gasteiger partial charge in [-0.25, -0.2) is 9.37 Å². The number of ether oxygens (including phenoxy) is 2. The monoisotopic (exact) mass is 320 g/mol. The molecule has 0 aliphatic carbocycles. The Morgan fingerprint density at radius 2 is 2.43 bits per heavy atom. The fourth-order valence-corrected chi connectivity index (χ4v) is 2.67. The molecule has 3 rings (SSSR count). The van der Waals surface area contributed by atoms with Gasteiger partial charge in [0.15, 0.2) is 5.82 Å². The fourth-order valence-electron chi connectivity index (χ4n) is 2.67. The van der Waals surface area contributed by atoms with Crippen LogP contribution in [0.2, 0.25) is 0 Å². The predicted octanol–water partition coefficient (Wildman–Crippen LogP) is 1.46. The lowest BCUT2D eigenvalue weighted by atomic mass is 10.0. The van der Waals surface area contributed by atoms with Crippen molar-refractivity contribution < 1.29 is 18.7 Å². The summed E-state index contributed by atoms with van der Waals surface area (Å²) in [6.45, 7) is 0.985. The predicted molar refractivity (Wildman–Crippen MR) is 78.5 cm³/mol. The summed E-state index contributed by atoms with van der Waals surface area (Å²) in [7, 11) is 1.44. The van der Waals surface area contributed by atoms with Crippen molar-refractivity contribution in [1.29, 1.82) is 0 Å². The number of amides is 1. The summed E-state index contributed by atoms with van der Waals surface area (Å²) in [6.07, 6.45) is 1.99. The van der Waals surface area contributed by atoms with Gasteiger partial charge < -0.3 is 14.8 Å². The Morgan fingerprint density at radius 3 is 3.17 bits per heavy atom. The Bertz CT molecular complexity index is 677. The van der Waals surface area contributed by atoms with Crippen LogP contribution in [0.1, 0.15) is 28.7 Å². The topological polar surface area (TPSA) is 89.1 Å². The maximum atomic E-state index is 13.4. The molecular weight excluding hydrogens is 303 g/mol. The number of benzene rings is 1. The highest BCUT2D eigenvalue weighted by Crippen LogP contribution is 2.32. The highest BCUT2D eigenvalue weighted by Gasteiger charge is 2.32. The molecule has 1 amide bonds. The lowest BCUT2D eigenvalue weighted by Crippen LogP contribution is -2.31. The van der Waals surface area contributed by atoms with E-state index in [2.05, 4.69) is 20.5 Å². The van der Waals surface area contributed by atoms with Gasteiger partial charge in [-0.1, -0.05) is 0 Å². The number of hydrogen-bond donors (Lipinski definition) is 2. The number of carbonyl (C=O) groups is 1. The van der Waals surface area contributed by atoms with Gasteiger partial charge in [-0.05, 0) is 24.6 Å². The maximum absolute atomic E-state index is 13.4. The van der Waals surface area contributed by atoms with E-state index in [9.17, 15) is 9.18 Å². The highest BCUT2D eigenvalue weighted by molar-refractivity contribution is 5.96. The Labute approximate surface area is 132 Å². The Hall–Kier alpha value is -2.48. The second kappa shape index (κ2) is 6.74. The van der Waals surface area contributed by atoms with Crippen LogP contribution in [0, 0.1) is 11.7 Å². The molecule has 0 spiro atoms. The van der Waals surface area contributed by atoms with Gasteiger partial charge in [0, 0.05) is 19.1 Å². The van der Waals surface area contributed by atoms with Crippen LogP contribution in [-0.4, -0.2) is 41.3 Å². The fraction of sp³-hybridized carbons (Fsp3) is 0.400. The van der Waals surface area contributed by atoms with Gasteiger partial charge >= 0.3 is 0 Å². The number of aromatic amines is 1. The van der Waals surface area contributed by atoms with Gasteiger partial charge in [0.1, 0.15) is 24.0 Å². The van der Waals surface area contributed by atoms with Crippen molar-refractivity contribution in [2.75, 3.05) is 20.3 Å². The Morgan fingerprint density at radius 1 is 1.57 bits per heavy atom. The van der Waals surface area contributed by atoms with Crippen molar-refractivity contribution >= 4 is 5.91 Å². The second-order valence-electron chi connectivity index (χ2n) is 5.27. The molecule has 1 aliphatic rings. The first-order chi connectivity index (χ1) is 11.2. The number of rotatable bonds is 5. The van der Waals surface area contributed by atoms with E-state index in [1.807, 2.05) is 0 Å². The number of H-pyrrole nitrogens is 1. The number of nitrogens with zero attached hydrogens (tertiary/aromatic N) is 2. The van der Waals surface area contributed by atoms with Crippen LogP contribution in [0.3, 0.4) is 0 Å². The largest absolute Gasteiger partial charge is 0.496 e. The molecule has 0 unspecified atom stereocenters. The van der Waals surface area contributed by atoms with E-state index >= 15 is 0 Å². The molecule has 7 nitrogen and oxygen atoms in total. The minimum atomic E-state index is -0.486. The van der Waals surface area contributed by atoms with E-state index in [1.54, 1.807) is 0 Å². The van der Waals surface area contributed by atoms with Crippen LogP contribution in [-0.2, 0) is 4.74 Å². The first kappa shape index (κ1) is 15.4. The molecular formula is C15H17FN4O3. The lowest BCUT2D eigenvalue weighted by molar-refractivity contribution is 0.0798. The minimum Gasteiger partial charge on any atom is -0.496 e. The average molecular weight is 320 g/mol. The van der Waals surface area contributed by atoms with Crippen molar-refractivity contribution in [1.82, 2.24) is 20.5 Å². The van der Waals surface area contributed by atoms with E-state index < -0.39 is 5.82 Å². The van der Waals surface area contributed by atoms with E-state index in [1.165, 1.54) is 25.6 Å². The summed E-state index contributed by atoms with van der Waals surface area (Å²) in [5.41, 5.74) is 0.169. The van der Waals surface area contributed by atoms with E-state index in [-0.39, 0.29) is 23.5 Å². The third kappa shape index (κ3) is 3.31. The summed E-state index contributed by atoms with van der Waals surface area (Å²) in [4.78, 5) is 16.4.